The molecule has 1 saturated carbocycles. The van der Waals surface area contributed by atoms with Crippen LogP contribution in [0.15, 0.2) is 34.9 Å². The third-order valence-electron chi connectivity index (χ3n) is 3.75. The molecule has 3 rings (SSSR count). The summed E-state index contributed by atoms with van der Waals surface area (Å²) in [7, 11) is 1.69. The predicted molar refractivity (Wildman–Crippen MR) is 76.5 cm³/mol. The van der Waals surface area contributed by atoms with Crippen molar-refractivity contribution in [3.05, 3.63) is 47.3 Å². The molecule has 4 nitrogen and oxygen atoms in total. The fourth-order valence-electron chi connectivity index (χ4n) is 2.51. The summed E-state index contributed by atoms with van der Waals surface area (Å²) in [5.74, 6) is 2.49. The van der Waals surface area contributed by atoms with Crippen molar-refractivity contribution in [3.63, 3.8) is 0 Å². The van der Waals surface area contributed by atoms with Crippen LogP contribution in [0, 0.1) is 12.8 Å². The monoisotopic (exact) mass is 272 g/mol. The number of methoxy groups -OCH3 is 1. The molecular weight excluding hydrogens is 252 g/mol. The molecule has 0 saturated heterocycles. The highest BCUT2D eigenvalue weighted by Crippen LogP contribution is 2.41. The molecule has 0 radical (unpaired) electrons. The van der Waals surface area contributed by atoms with E-state index in [9.17, 15) is 0 Å². The minimum Gasteiger partial charge on any atom is -0.497 e. The number of nitrogens with zero attached hydrogens (tertiary/aromatic N) is 1. The zero-order chi connectivity index (χ0) is 13.9. The minimum absolute atomic E-state index is 0.387. The molecule has 1 aromatic carbocycles. The van der Waals surface area contributed by atoms with Gasteiger partial charge < -0.3 is 14.6 Å². The smallest absolute Gasteiger partial charge is 0.133 e. The van der Waals surface area contributed by atoms with E-state index in [0.717, 1.165) is 29.7 Å². The highest BCUT2D eigenvalue weighted by Gasteiger charge is 2.32. The topological polar surface area (TPSA) is 47.3 Å². The largest absolute Gasteiger partial charge is 0.497 e. The lowest BCUT2D eigenvalue weighted by atomic mass is 10.0. The zero-order valence-electron chi connectivity index (χ0n) is 11.9. The first-order chi connectivity index (χ1) is 9.76. The minimum atomic E-state index is 0.387. The van der Waals surface area contributed by atoms with Crippen molar-refractivity contribution in [1.29, 1.82) is 0 Å². The van der Waals surface area contributed by atoms with E-state index in [4.69, 9.17) is 9.26 Å². The van der Waals surface area contributed by atoms with Gasteiger partial charge in [0.05, 0.1) is 12.8 Å². The summed E-state index contributed by atoms with van der Waals surface area (Å²) in [6.45, 7) is 2.66. The number of hydrogen-bond acceptors (Lipinski definition) is 4. The Hall–Kier alpha value is -1.81. The van der Waals surface area contributed by atoms with Crippen LogP contribution in [0.4, 0.5) is 0 Å². The van der Waals surface area contributed by atoms with Crippen LogP contribution in [-0.4, -0.2) is 12.3 Å². The summed E-state index contributed by atoms with van der Waals surface area (Å²) < 4.78 is 10.3. The van der Waals surface area contributed by atoms with E-state index in [2.05, 4.69) is 22.6 Å². The summed E-state index contributed by atoms with van der Waals surface area (Å²) in [4.78, 5) is 0. The molecule has 0 aliphatic heterocycles. The van der Waals surface area contributed by atoms with Gasteiger partial charge in [0.25, 0.3) is 0 Å². The summed E-state index contributed by atoms with van der Waals surface area (Å²) in [6, 6.07) is 10.7. The maximum absolute atomic E-state index is 5.21. The van der Waals surface area contributed by atoms with Crippen molar-refractivity contribution < 1.29 is 9.26 Å². The van der Waals surface area contributed by atoms with Crippen molar-refractivity contribution in [2.24, 2.45) is 5.92 Å². The van der Waals surface area contributed by atoms with E-state index in [1.807, 2.05) is 25.1 Å². The average molecular weight is 272 g/mol. The summed E-state index contributed by atoms with van der Waals surface area (Å²) in [5.41, 5.74) is 2.27. The number of benzene rings is 1. The number of hydrogen-bond donors (Lipinski definition) is 1. The molecule has 1 N–H and O–H groups in total. The van der Waals surface area contributed by atoms with Gasteiger partial charge in [0.15, 0.2) is 0 Å². The molecule has 1 heterocycles. The van der Waals surface area contributed by atoms with E-state index in [0.29, 0.717) is 6.04 Å². The number of aryl methyl sites for hydroxylation is 1. The Bertz CT molecular complexity index is 558. The van der Waals surface area contributed by atoms with E-state index < -0.39 is 0 Å². The van der Waals surface area contributed by atoms with Crippen LogP contribution in [0.25, 0.3) is 0 Å². The highest BCUT2D eigenvalue weighted by molar-refractivity contribution is 5.30. The Morgan fingerprint density at radius 3 is 2.65 bits per heavy atom. The SMILES string of the molecule is COc1ccc(C(NCc2cc(C)on2)C2CC2)cc1. The number of nitrogens with one attached hydrogen (secondary N) is 1. The fourth-order valence-corrected chi connectivity index (χ4v) is 2.51. The van der Waals surface area contributed by atoms with Gasteiger partial charge in [-0.15, -0.1) is 0 Å². The molecule has 20 heavy (non-hydrogen) atoms. The van der Waals surface area contributed by atoms with Gasteiger partial charge in [0.1, 0.15) is 11.5 Å². The predicted octanol–water partition coefficient (Wildman–Crippen LogP) is 3.23. The van der Waals surface area contributed by atoms with Gasteiger partial charge in [-0.2, -0.15) is 0 Å². The van der Waals surface area contributed by atoms with E-state index in [1.54, 1.807) is 7.11 Å². The third-order valence-corrected chi connectivity index (χ3v) is 3.75. The Kier molecular flexibility index (Phi) is 3.74. The first kappa shape index (κ1) is 13.2. The summed E-state index contributed by atoms with van der Waals surface area (Å²) in [6.07, 6.45) is 2.59. The third kappa shape index (κ3) is 3.02. The second kappa shape index (κ2) is 5.67. The second-order valence-electron chi connectivity index (χ2n) is 5.40. The number of aromatic nitrogens is 1. The second-order valence-corrected chi connectivity index (χ2v) is 5.40. The fraction of sp³-hybridized carbons (Fsp3) is 0.438. The molecule has 1 fully saturated rings. The number of rotatable bonds is 6. The molecule has 1 aliphatic carbocycles. The van der Waals surface area contributed by atoms with Gasteiger partial charge in [0.2, 0.25) is 0 Å². The lowest BCUT2D eigenvalue weighted by Gasteiger charge is -2.18. The van der Waals surface area contributed by atoms with Crippen LogP contribution < -0.4 is 10.1 Å². The molecule has 1 atom stereocenters. The van der Waals surface area contributed by atoms with Gasteiger partial charge in [-0.25, -0.2) is 0 Å². The van der Waals surface area contributed by atoms with Crippen molar-refractivity contribution in [3.8, 4) is 5.75 Å². The van der Waals surface area contributed by atoms with Crippen molar-refractivity contribution in [2.75, 3.05) is 7.11 Å². The first-order valence-electron chi connectivity index (χ1n) is 7.06. The van der Waals surface area contributed by atoms with Crippen LogP contribution in [0.5, 0.6) is 5.75 Å². The average Bonchev–Trinajstić information content (AvgIpc) is 3.22. The van der Waals surface area contributed by atoms with Gasteiger partial charge in [0, 0.05) is 18.7 Å². The van der Waals surface area contributed by atoms with Crippen LogP contribution in [0.1, 0.15) is 35.9 Å². The molecule has 0 bridgehead atoms. The van der Waals surface area contributed by atoms with Crippen molar-refractivity contribution in [1.82, 2.24) is 10.5 Å². The van der Waals surface area contributed by atoms with Gasteiger partial charge >= 0.3 is 0 Å². The van der Waals surface area contributed by atoms with E-state index in [-0.39, 0.29) is 0 Å². The maximum Gasteiger partial charge on any atom is 0.133 e. The van der Waals surface area contributed by atoms with E-state index in [1.165, 1.54) is 18.4 Å². The first-order valence-corrected chi connectivity index (χ1v) is 7.06. The maximum atomic E-state index is 5.21. The molecule has 0 spiro atoms. The Balaban J connectivity index is 1.68. The molecule has 1 aliphatic rings. The molecule has 1 aromatic heterocycles. The van der Waals surface area contributed by atoms with Gasteiger partial charge in [-0.05, 0) is 43.4 Å². The molecule has 4 heteroatoms. The van der Waals surface area contributed by atoms with E-state index >= 15 is 0 Å². The summed E-state index contributed by atoms with van der Waals surface area (Å²) in [5, 5.41) is 7.63. The lowest BCUT2D eigenvalue weighted by molar-refractivity contribution is 0.383. The Labute approximate surface area is 119 Å². The molecule has 1 unspecified atom stereocenters. The van der Waals surface area contributed by atoms with Crippen LogP contribution in [0.3, 0.4) is 0 Å². The summed E-state index contributed by atoms with van der Waals surface area (Å²) >= 11 is 0. The lowest BCUT2D eigenvalue weighted by Crippen LogP contribution is -2.22. The Morgan fingerprint density at radius 1 is 1.35 bits per heavy atom. The van der Waals surface area contributed by atoms with Crippen molar-refractivity contribution >= 4 is 0 Å². The van der Waals surface area contributed by atoms with Crippen LogP contribution in [0.2, 0.25) is 0 Å². The number of ether oxygens (including phenoxy) is 1. The Morgan fingerprint density at radius 2 is 2.10 bits per heavy atom. The van der Waals surface area contributed by atoms with Gasteiger partial charge in [-0.1, -0.05) is 17.3 Å². The quantitative estimate of drug-likeness (QED) is 0.877. The molecule has 106 valence electrons. The van der Waals surface area contributed by atoms with Crippen LogP contribution in [-0.2, 0) is 6.54 Å². The van der Waals surface area contributed by atoms with Gasteiger partial charge in [-0.3, -0.25) is 0 Å². The molecule has 0 amide bonds. The molecular formula is C16H20N2O2. The van der Waals surface area contributed by atoms with Crippen molar-refractivity contribution in [2.45, 2.75) is 32.4 Å². The standard InChI is InChI=1S/C16H20N2O2/c1-11-9-14(18-20-11)10-17-16(12-3-4-12)13-5-7-15(19-2)8-6-13/h5-9,12,16-17H,3-4,10H2,1-2H3. The zero-order valence-corrected chi connectivity index (χ0v) is 11.9. The highest BCUT2D eigenvalue weighted by atomic mass is 16.5. The normalized spacial score (nSPS) is 16.1. The molecule has 2 aromatic rings. The van der Waals surface area contributed by atoms with Crippen LogP contribution >= 0.6 is 0 Å².